The highest BCUT2D eigenvalue weighted by Crippen LogP contribution is 2.31. The molecule has 0 unspecified atom stereocenters. The van der Waals surface area contributed by atoms with Crippen LogP contribution in [0.4, 0.5) is 18.9 Å². The van der Waals surface area contributed by atoms with E-state index < -0.39 is 27.6 Å². The van der Waals surface area contributed by atoms with Crippen molar-refractivity contribution in [3.8, 4) is 16.8 Å². The minimum Gasteiger partial charge on any atom is -0.384 e. The third kappa shape index (κ3) is 5.54. The van der Waals surface area contributed by atoms with Gasteiger partial charge < -0.3 is 11.1 Å². The van der Waals surface area contributed by atoms with Crippen LogP contribution in [0.1, 0.15) is 21.7 Å². The molecule has 4 rings (SSSR count). The molecule has 1 amide bonds. The number of amides is 1. The second-order valence-corrected chi connectivity index (χ2v) is 10.1. The van der Waals surface area contributed by atoms with Crippen molar-refractivity contribution in [1.82, 2.24) is 9.78 Å². The molecule has 0 aliphatic heterocycles. The van der Waals surface area contributed by atoms with Gasteiger partial charge in [0.1, 0.15) is 11.5 Å². The van der Waals surface area contributed by atoms with Crippen LogP contribution in [0.3, 0.4) is 0 Å². The van der Waals surface area contributed by atoms with Gasteiger partial charge in [-0.05, 0) is 35.9 Å². The van der Waals surface area contributed by atoms with Gasteiger partial charge in [0.05, 0.1) is 10.6 Å². The van der Waals surface area contributed by atoms with Gasteiger partial charge in [-0.1, -0.05) is 42.5 Å². The molecule has 8 nitrogen and oxygen atoms in total. The molecule has 12 heteroatoms. The monoisotopic (exact) mass is 527 g/mol. The number of anilines is 1. The Labute approximate surface area is 210 Å². The average Bonchev–Trinajstić information content (AvgIpc) is 3.31. The smallest absolute Gasteiger partial charge is 0.384 e. The summed E-state index contributed by atoms with van der Waals surface area (Å²) in [5.74, 6) is -1.16. The number of alkyl halides is 3. The van der Waals surface area contributed by atoms with E-state index in [9.17, 15) is 26.4 Å². The highest BCUT2D eigenvalue weighted by molar-refractivity contribution is 7.90. The molecule has 4 aromatic rings. The maximum absolute atomic E-state index is 13.4. The van der Waals surface area contributed by atoms with Crippen molar-refractivity contribution in [2.45, 2.75) is 11.1 Å². The number of amidine groups is 1. The first-order valence-corrected chi connectivity index (χ1v) is 12.6. The number of hydrogen-bond donors (Lipinski definition) is 3. The van der Waals surface area contributed by atoms with Crippen LogP contribution in [0.15, 0.2) is 83.8 Å². The fourth-order valence-corrected chi connectivity index (χ4v) is 4.55. The summed E-state index contributed by atoms with van der Waals surface area (Å²) in [5.41, 5.74) is 5.50. The summed E-state index contributed by atoms with van der Waals surface area (Å²) >= 11 is 0. The molecule has 0 aliphatic carbocycles. The quantitative estimate of drug-likeness (QED) is 0.251. The fourth-order valence-electron chi connectivity index (χ4n) is 3.64. The number of carbonyl (C=O) groups is 1. The molecule has 0 fully saturated rings. The van der Waals surface area contributed by atoms with Crippen molar-refractivity contribution in [3.63, 3.8) is 0 Å². The summed E-state index contributed by atoms with van der Waals surface area (Å²) in [6.07, 6.45) is -3.70. The minimum absolute atomic E-state index is 0.112. The van der Waals surface area contributed by atoms with Gasteiger partial charge in [0, 0.05) is 29.1 Å². The van der Waals surface area contributed by atoms with Gasteiger partial charge in [-0.3, -0.25) is 10.2 Å². The lowest BCUT2D eigenvalue weighted by atomic mass is 10.1. The van der Waals surface area contributed by atoms with Gasteiger partial charge in [0.25, 0.3) is 5.91 Å². The zero-order valence-electron chi connectivity index (χ0n) is 19.2. The number of nitrogens with one attached hydrogen (secondary N) is 2. The Balaban J connectivity index is 1.67. The molecule has 0 bridgehead atoms. The molecular formula is C25H20F3N5O3S. The molecule has 1 aromatic heterocycles. The van der Waals surface area contributed by atoms with E-state index in [0.717, 1.165) is 10.9 Å². The standard InChI is InChI=1S/C25H20F3N5O3S/c1-37(35,36)21-8-3-2-7-19(21)15-9-11-17(12-10-15)31-24(34)20-14-22(25(26,27)28)32-33(20)18-6-4-5-16(13-18)23(29)30/h2-14H,1H3,(H3,29,30)(H,31,34). The Hall–Kier alpha value is -4.45. The summed E-state index contributed by atoms with van der Waals surface area (Å²) in [7, 11) is -3.49. The highest BCUT2D eigenvalue weighted by Gasteiger charge is 2.36. The summed E-state index contributed by atoms with van der Waals surface area (Å²) in [4.78, 5) is 13.2. The van der Waals surface area contributed by atoms with Crippen LogP contribution >= 0.6 is 0 Å². The molecule has 0 atom stereocenters. The zero-order chi connectivity index (χ0) is 27.0. The lowest BCUT2D eigenvalue weighted by Gasteiger charge is -2.11. The van der Waals surface area contributed by atoms with Crippen molar-refractivity contribution in [1.29, 1.82) is 5.41 Å². The predicted molar refractivity (Wildman–Crippen MR) is 133 cm³/mol. The van der Waals surface area contributed by atoms with Crippen LogP contribution in [0.2, 0.25) is 0 Å². The topological polar surface area (TPSA) is 131 Å². The van der Waals surface area contributed by atoms with E-state index in [1.807, 2.05) is 0 Å². The Kier molecular flexibility index (Phi) is 6.61. The molecule has 0 radical (unpaired) electrons. The fraction of sp³-hybridized carbons (Fsp3) is 0.0800. The second-order valence-electron chi connectivity index (χ2n) is 8.09. The van der Waals surface area contributed by atoms with Gasteiger partial charge in [-0.25, -0.2) is 13.1 Å². The number of nitrogen functional groups attached to an aromatic ring is 1. The van der Waals surface area contributed by atoms with Gasteiger partial charge in [0.15, 0.2) is 15.5 Å². The van der Waals surface area contributed by atoms with Crippen molar-refractivity contribution >= 4 is 27.3 Å². The lowest BCUT2D eigenvalue weighted by Crippen LogP contribution is -2.17. The number of benzene rings is 3. The van der Waals surface area contributed by atoms with Gasteiger partial charge in [-0.2, -0.15) is 18.3 Å². The molecule has 3 aromatic carbocycles. The first kappa shape index (κ1) is 25.6. The number of rotatable bonds is 6. The summed E-state index contributed by atoms with van der Waals surface area (Å²) in [6, 6.07) is 19.0. The minimum atomic E-state index is -4.80. The Morgan fingerprint density at radius 1 is 1.00 bits per heavy atom. The average molecular weight is 528 g/mol. The highest BCUT2D eigenvalue weighted by atomic mass is 32.2. The first-order valence-electron chi connectivity index (χ1n) is 10.7. The third-order valence-electron chi connectivity index (χ3n) is 5.37. The van der Waals surface area contributed by atoms with E-state index in [0.29, 0.717) is 17.2 Å². The van der Waals surface area contributed by atoms with Gasteiger partial charge in [-0.15, -0.1) is 0 Å². The maximum atomic E-state index is 13.4. The zero-order valence-corrected chi connectivity index (χ0v) is 20.1. The van der Waals surface area contributed by atoms with Gasteiger partial charge >= 0.3 is 6.18 Å². The van der Waals surface area contributed by atoms with Crippen LogP contribution in [-0.2, 0) is 16.0 Å². The van der Waals surface area contributed by atoms with Crippen LogP contribution < -0.4 is 11.1 Å². The summed E-state index contributed by atoms with van der Waals surface area (Å²) < 4.78 is 65.3. The number of nitrogens with zero attached hydrogens (tertiary/aromatic N) is 2. The maximum Gasteiger partial charge on any atom is 0.435 e. The molecule has 1 heterocycles. The Bertz CT molecular complexity index is 1610. The second kappa shape index (κ2) is 9.54. The van der Waals surface area contributed by atoms with E-state index in [4.69, 9.17) is 11.1 Å². The summed E-state index contributed by atoms with van der Waals surface area (Å²) in [5, 5.41) is 13.7. The Morgan fingerprint density at radius 3 is 2.30 bits per heavy atom. The van der Waals surface area contributed by atoms with Crippen LogP contribution in [0.25, 0.3) is 16.8 Å². The number of hydrogen-bond acceptors (Lipinski definition) is 5. The predicted octanol–water partition coefficient (Wildman–Crippen LogP) is 4.50. The molecule has 0 saturated carbocycles. The van der Waals surface area contributed by atoms with Gasteiger partial charge in [0.2, 0.25) is 0 Å². The molecule has 0 saturated heterocycles. The first-order chi connectivity index (χ1) is 17.3. The summed E-state index contributed by atoms with van der Waals surface area (Å²) in [6.45, 7) is 0. The molecule has 4 N–H and O–H groups in total. The van der Waals surface area contributed by atoms with Crippen molar-refractivity contribution in [2.24, 2.45) is 5.73 Å². The number of sulfone groups is 1. The molecule has 0 spiro atoms. The van der Waals surface area contributed by atoms with Crippen LogP contribution in [0, 0.1) is 5.41 Å². The van der Waals surface area contributed by atoms with Crippen molar-refractivity contribution in [2.75, 3.05) is 11.6 Å². The van der Waals surface area contributed by atoms with E-state index in [1.54, 1.807) is 30.3 Å². The van der Waals surface area contributed by atoms with Crippen molar-refractivity contribution in [3.05, 3.63) is 95.8 Å². The SMILES string of the molecule is CS(=O)(=O)c1ccccc1-c1ccc(NC(=O)c2cc(C(F)(F)F)nn2-c2cccc(C(=N)N)c2)cc1. The third-order valence-corrected chi connectivity index (χ3v) is 6.53. The van der Waals surface area contributed by atoms with E-state index in [1.165, 1.54) is 42.5 Å². The number of nitrogens with two attached hydrogens (primary N) is 1. The van der Waals surface area contributed by atoms with Crippen molar-refractivity contribution < 1.29 is 26.4 Å². The largest absolute Gasteiger partial charge is 0.435 e. The molecule has 190 valence electrons. The lowest BCUT2D eigenvalue weighted by molar-refractivity contribution is -0.141. The molecule has 37 heavy (non-hydrogen) atoms. The van der Waals surface area contributed by atoms with Crippen LogP contribution in [0.5, 0.6) is 0 Å². The van der Waals surface area contributed by atoms with Crippen LogP contribution in [-0.4, -0.2) is 36.2 Å². The number of halogens is 3. The molecular weight excluding hydrogens is 507 g/mol. The number of carbonyl (C=O) groups excluding carboxylic acids is 1. The van der Waals surface area contributed by atoms with E-state index in [-0.39, 0.29) is 33.4 Å². The number of aromatic nitrogens is 2. The van der Waals surface area contributed by atoms with E-state index >= 15 is 0 Å². The normalized spacial score (nSPS) is 11.8. The molecule has 0 aliphatic rings. The Morgan fingerprint density at radius 2 is 1.68 bits per heavy atom. The van der Waals surface area contributed by atoms with E-state index in [2.05, 4.69) is 10.4 Å².